The number of anilines is 2. The first kappa shape index (κ1) is 23.8. The van der Waals surface area contributed by atoms with E-state index in [2.05, 4.69) is 59.3 Å². The van der Waals surface area contributed by atoms with Gasteiger partial charge in [-0.05, 0) is 44.2 Å². The van der Waals surface area contributed by atoms with E-state index in [4.69, 9.17) is 14.6 Å². The standard InChI is InChI=1S/C25H34N6O3/c1-4-10-30(11-5-2)23-17-22(26-24(27-23)33-14-12-31-13-15-34-25(31)32)29-28-21-9-8-19-7-6-18(3)16-20(19)21/h6-7,16-17H,4-5,8-15H2,1-3H3,(H,26,27,29)/b28-21+. The summed E-state index contributed by atoms with van der Waals surface area (Å²) in [4.78, 5) is 24.7. The molecule has 2 aromatic rings. The lowest BCUT2D eigenvalue weighted by atomic mass is 10.1. The minimum absolute atomic E-state index is 0.271. The van der Waals surface area contributed by atoms with Crippen LogP contribution in [0.2, 0.25) is 0 Å². The summed E-state index contributed by atoms with van der Waals surface area (Å²) >= 11 is 0. The van der Waals surface area contributed by atoms with Gasteiger partial charge in [-0.3, -0.25) is 5.43 Å². The zero-order valence-corrected chi connectivity index (χ0v) is 20.3. The average molecular weight is 467 g/mol. The molecule has 0 atom stereocenters. The van der Waals surface area contributed by atoms with Crippen molar-refractivity contribution in [1.29, 1.82) is 0 Å². The predicted octanol–water partition coefficient (Wildman–Crippen LogP) is 4.00. The van der Waals surface area contributed by atoms with Crippen LogP contribution in [-0.2, 0) is 11.2 Å². The number of fused-ring (bicyclic) bond motifs is 1. The molecule has 182 valence electrons. The Balaban J connectivity index is 1.53. The number of aromatic nitrogens is 2. The molecule has 1 aromatic carbocycles. The molecule has 4 rings (SSSR count). The molecule has 9 heteroatoms. The minimum atomic E-state index is -0.305. The van der Waals surface area contributed by atoms with Crippen LogP contribution in [0.25, 0.3) is 0 Å². The molecule has 1 N–H and O–H groups in total. The number of carbonyl (C=O) groups is 1. The van der Waals surface area contributed by atoms with Crippen molar-refractivity contribution in [3.05, 3.63) is 41.0 Å². The third-order valence-electron chi connectivity index (χ3n) is 5.95. The van der Waals surface area contributed by atoms with Crippen molar-refractivity contribution in [2.45, 2.75) is 46.5 Å². The van der Waals surface area contributed by atoms with E-state index in [1.807, 2.05) is 6.07 Å². The Morgan fingerprint density at radius 1 is 1.18 bits per heavy atom. The lowest BCUT2D eigenvalue weighted by Gasteiger charge is -2.23. The fourth-order valence-electron chi connectivity index (χ4n) is 4.26. The number of carbonyl (C=O) groups excluding carboxylic acids is 1. The summed E-state index contributed by atoms with van der Waals surface area (Å²) in [6.07, 6.45) is 3.62. The van der Waals surface area contributed by atoms with Gasteiger partial charge in [0.1, 0.15) is 19.0 Å². The summed E-state index contributed by atoms with van der Waals surface area (Å²) in [6.45, 7) is 9.92. The number of hydrazone groups is 1. The Bertz CT molecular complexity index is 1040. The molecule has 2 heterocycles. The van der Waals surface area contributed by atoms with Crippen LogP contribution in [0.5, 0.6) is 6.01 Å². The maximum absolute atomic E-state index is 11.7. The first-order valence-electron chi connectivity index (χ1n) is 12.2. The zero-order chi connectivity index (χ0) is 23.9. The number of cyclic esters (lactones) is 1. The maximum atomic E-state index is 11.7. The van der Waals surface area contributed by atoms with Crippen molar-refractivity contribution < 1.29 is 14.3 Å². The van der Waals surface area contributed by atoms with Gasteiger partial charge in [-0.15, -0.1) is 0 Å². The van der Waals surface area contributed by atoms with Crippen LogP contribution in [0.4, 0.5) is 16.4 Å². The first-order chi connectivity index (χ1) is 16.6. The predicted molar refractivity (Wildman–Crippen MR) is 133 cm³/mol. The van der Waals surface area contributed by atoms with Crippen molar-refractivity contribution in [3.8, 4) is 6.01 Å². The highest BCUT2D eigenvalue weighted by molar-refractivity contribution is 6.04. The second-order valence-corrected chi connectivity index (χ2v) is 8.66. The Kier molecular flexibility index (Phi) is 7.82. The highest BCUT2D eigenvalue weighted by Gasteiger charge is 2.22. The van der Waals surface area contributed by atoms with Crippen molar-refractivity contribution in [2.75, 3.05) is 49.7 Å². The number of hydrogen-bond donors (Lipinski definition) is 1. The van der Waals surface area contributed by atoms with Crippen LogP contribution < -0.4 is 15.1 Å². The molecule has 1 fully saturated rings. The number of nitrogens with zero attached hydrogens (tertiary/aromatic N) is 5. The quantitative estimate of drug-likeness (QED) is 0.500. The van der Waals surface area contributed by atoms with Crippen LogP contribution in [0.3, 0.4) is 0 Å². The number of ether oxygens (including phenoxy) is 2. The van der Waals surface area contributed by atoms with Crippen molar-refractivity contribution in [1.82, 2.24) is 14.9 Å². The van der Waals surface area contributed by atoms with E-state index < -0.39 is 0 Å². The van der Waals surface area contributed by atoms with Gasteiger partial charge in [0.05, 0.1) is 18.8 Å². The summed E-state index contributed by atoms with van der Waals surface area (Å²) < 4.78 is 10.8. The van der Waals surface area contributed by atoms with Crippen LogP contribution in [0.15, 0.2) is 29.4 Å². The van der Waals surface area contributed by atoms with Gasteiger partial charge >= 0.3 is 12.1 Å². The molecular weight excluding hydrogens is 432 g/mol. The van der Waals surface area contributed by atoms with Gasteiger partial charge in [0.15, 0.2) is 5.82 Å². The summed E-state index contributed by atoms with van der Waals surface area (Å²) in [5.41, 5.74) is 7.95. The Hall–Kier alpha value is -3.36. The van der Waals surface area contributed by atoms with E-state index in [1.54, 1.807) is 4.90 Å². The lowest BCUT2D eigenvalue weighted by Crippen LogP contribution is -2.29. The molecule has 1 aromatic heterocycles. The molecule has 0 bridgehead atoms. The summed E-state index contributed by atoms with van der Waals surface area (Å²) in [6, 6.07) is 8.72. The topological polar surface area (TPSA) is 92.2 Å². The minimum Gasteiger partial charge on any atom is -0.461 e. The fraction of sp³-hybridized carbons (Fsp3) is 0.520. The molecule has 0 saturated carbocycles. The summed E-state index contributed by atoms with van der Waals surface area (Å²) in [5, 5.41) is 4.70. The molecule has 0 spiro atoms. The second-order valence-electron chi connectivity index (χ2n) is 8.66. The molecule has 34 heavy (non-hydrogen) atoms. The van der Waals surface area contributed by atoms with Crippen molar-refractivity contribution >= 4 is 23.4 Å². The SMILES string of the molecule is CCCN(CCC)c1cc(N/N=C2\CCc3ccc(C)cc32)nc(OCCN2CCOC2=O)n1. The van der Waals surface area contributed by atoms with Gasteiger partial charge in [-0.1, -0.05) is 31.5 Å². The average Bonchev–Trinajstić information content (AvgIpc) is 3.43. The number of benzene rings is 1. The number of nitrogens with one attached hydrogen (secondary N) is 1. The molecular formula is C25H34N6O3. The van der Waals surface area contributed by atoms with Gasteiger partial charge in [-0.25, -0.2) is 4.79 Å². The third kappa shape index (κ3) is 5.76. The van der Waals surface area contributed by atoms with E-state index in [0.29, 0.717) is 32.1 Å². The smallest absolute Gasteiger partial charge is 0.410 e. The molecule has 1 saturated heterocycles. The molecule has 2 aliphatic rings. The lowest BCUT2D eigenvalue weighted by molar-refractivity contribution is 0.152. The first-order valence-corrected chi connectivity index (χ1v) is 12.2. The Morgan fingerprint density at radius 2 is 2.00 bits per heavy atom. The largest absolute Gasteiger partial charge is 0.461 e. The molecule has 1 aliphatic heterocycles. The van der Waals surface area contributed by atoms with E-state index in [9.17, 15) is 4.79 Å². The molecule has 0 unspecified atom stereocenters. The van der Waals surface area contributed by atoms with Crippen LogP contribution in [0, 0.1) is 6.92 Å². The zero-order valence-electron chi connectivity index (χ0n) is 20.3. The number of amides is 1. The van der Waals surface area contributed by atoms with Crippen molar-refractivity contribution in [2.24, 2.45) is 5.10 Å². The van der Waals surface area contributed by atoms with E-state index in [0.717, 1.165) is 50.3 Å². The normalized spacial score (nSPS) is 16.0. The van der Waals surface area contributed by atoms with Gasteiger partial charge in [0, 0.05) is 24.7 Å². The Morgan fingerprint density at radius 3 is 2.74 bits per heavy atom. The molecule has 9 nitrogen and oxygen atoms in total. The highest BCUT2D eigenvalue weighted by Crippen LogP contribution is 2.25. The van der Waals surface area contributed by atoms with E-state index in [1.165, 1.54) is 16.7 Å². The van der Waals surface area contributed by atoms with Gasteiger partial charge < -0.3 is 19.3 Å². The maximum Gasteiger partial charge on any atom is 0.410 e. The number of rotatable bonds is 11. The van der Waals surface area contributed by atoms with Gasteiger partial charge in [0.2, 0.25) is 0 Å². The van der Waals surface area contributed by atoms with Crippen LogP contribution in [0.1, 0.15) is 49.8 Å². The monoisotopic (exact) mass is 466 g/mol. The number of hydrogen-bond acceptors (Lipinski definition) is 8. The van der Waals surface area contributed by atoms with Gasteiger partial charge in [-0.2, -0.15) is 15.1 Å². The van der Waals surface area contributed by atoms with Crippen molar-refractivity contribution in [3.63, 3.8) is 0 Å². The molecule has 0 radical (unpaired) electrons. The van der Waals surface area contributed by atoms with Crippen LogP contribution in [-0.4, -0.2) is 66.1 Å². The fourth-order valence-corrected chi connectivity index (χ4v) is 4.26. The molecule has 1 aliphatic carbocycles. The van der Waals surface area contributed by atoms with E-state index in [-0.39, 0.29) is 12.1 Å². The van der Waals surface area contributed by atoms with Crippen LogP contribution >= 0.6 is 0 Å². The summed E-state index contributed by atoms with van der Waals surface area (Å²) in [5.74, 6) is 1.39. The summed E-state index contributed by atoms with van der Waals surface area (Å²) in [7, 11) is 0. The van der Waals surface area contributed by atoms with Gasteiger partial charge in [0.25, 0.3) is 0 Å². The Labute approximate surface area is 201 Å². The number of aryl methyl sites for hydroxylation is 2. The highest BCUT2D eigenvalue weighted by atomic mass is 16.6. The third-order valence-corrected chi connectivity index (χ3v) is 5.95. The second kappa shape index (κ2) is 11.2. The molecule has 1 amide bonds. The van der Waals surface area contributed by atoms with E-state index >= 15 is 0 Å².